The summed E-state index contributed by atoms with van der Waals surface area (Å²) in [4.78, 5) is 7.09. The Morgan fingerprint density at radius 3 is 2.95 bits per heavy atom. The van der Waals surface area contributed by atoms with Crippen molar-refractivity contribution in [2.75, 3.05) is 0 Å². The Hall–Kier alpha value is -2.07. The second-order valence-electron chi connectivity index (χ2n) is 4.53. The first-order valence-corrected chi connectivity index (χ1v) is 6.55. The van der Waals surface area contributed by atoms with Crippen LogP contribution in [0, 0.1) is 0 Å². The maximum atomic E-state index is 5.88. The fourth-order valence-corrected chi connectivity index (χ4v) is 2.33. The molecular formula is C15H17N3O. The lowest BCUT2D eigenvalue weighted by atomic mass is 10.1. The molecular weight excluding hydrogens is 238 g/mol. The largest absolute Gasteiger partial charge is 0.461 e. The van der Waals surface area contributed by atoms with Crippen molar-refractivity contribution in [2.24, 2.45) is 0 Å². The van der Waals surface area contributed by atoms with E-state index in [0.29, 0.717) is 0 Å². The van der Waals surface area contributed by atoms with Gasteiger partial charge in [0.1, 0.15) is 11.3 Å². The third-order valence-corrected chi connectivity index (χ3v) is 3.28. The number of aromatic amines is 1. The summed E-state index contributed by atoms with van der Waals surface area (Å²) in [6, 6.07) is 8.20. The number of rotatable bonds is 5. The number of para-hydroxylation sites is 1. The van der Waals surface area contributed by atoms with Crippen LogP contribution in [0.1, 0.15) is 23.9 Å². The van der Waals surface area contributed by atoms with E-state index in [1.165, 1.54) is 10.9 Å². The number of imidazole rings is 1. The quantitative estimate of drug-likeness (QED) is 0.737. The molecule has 0 saturated heterocycles. The Morgan fingerprint density at radius 1 is 1.26 bits per heavy atom. The molecule has 0 aliphatic heterocycles. The van der Waals surface area contributed by atoms with Crippen LogP contribution in [-0.2, 0) is 19.5 Å². The normalized spacial score (nSPS) is 11.2. The lowest BCUT2D eigenvalue weighted by Crippen LogP contribution is -2.13. The molecule has 2 N–H and O–H groups in total. The van der Waals surface area contributed by atoms with E-state index < -0.39 is 0 Å². The summed E-state index contributed by atoms with van der Waals surface area (Å²) in [5.74, 6) is 1.07. The lowest BCUT2D eigenvalue weighted by Gasteiger charge is -2.03. The molecule has 3 rings (SSSR count). The first-order chi connectivity index (χ1) is 9.38. The predicted octanol–water partition coefficient (Wildman–Crippen LogP) is 3.01. The highest BCUT2D eigenvalue weighted by atomic mass is 16.3. The van der Waals surface area contributed by atoms with Gasteiger partial charge in [-0.15, -0.1) is 0 Å². The number of aryl methyl sites for hydroxylation is 1. The Morgan fingerprint density at radius 2 is 2.16 bits per heavy atom. The molecule has 0 atom stereocenters. The van der Waals surface area contributed by atoms with Gasteiger partial charge in [-0.25, -0.2) is 4.98 Å². The molecule has 0 aliphatic carbocycles. The van der Waals surface area contributed by atoms with E-state index in [4.69, 9.17) is 4.42 Å². The number of hydrogen-bond acceptors (Lipinski definition) is 3. The van der Waals surface area contributed by atoms with Crippen LogP contribution >= 0.6 is 0 Å². The van der Waals surface area contributed by atoms with Gasteiger partial charge in [-0.1, -0.05) is 25.1 Å². The molecule has 0 radical (unpaired) electrons. The Labute approximate surface area is 111 Å². The number of benzene rings is 1. The first kappa shape index (κ1) is 12.0. The molecule has 0 saturated carbocycles. The molecule has 98 valence electrons. The number of fused-ring (bicyclic) bond motifs is 1. The van der Waals surface area contributed by atoms with Crippen LogP contribution in [0.2, 0.25) is 0 Å². The molecule has 3 aromatic rings. The number of hydrogen-bond donors (Lipinski definition) is 2. The molecule has 19 heavy (non-hydrogen) atoms. The number of nitrogens with one attached hydrogen (secondary N) is 2. The van der Waals surface area contributed by atoms with Crippen LogP contribution in [-0.4, -0.2) is 9.97 Å². The van der Waals surface area contributed by atoms with Gasteiger partial charge in [0.2, 0.25) is 0 Å². The van der Waals surface area contributed by atoms with E-state index >= 15 is 0 Å². The van der Waals surface area contributed by atoms with Crippen LogP contribution in [0.5, 0.6) is 0 Å². The maximum absolute atomic E-state index is 5.88. The second-order valence-corrected chi connectivity index (χ2v) is 4.53. The Bertz CT molecular complexity index is 655. The first-order valence-electron chi connectivity index (χ1n) is 6.55. The number of aromatic nitrogens is 2. The van der Waals surface area contributed by atoms with E-state index in [2.05, 4.69) is 34.3 Å². The van der Waals surface area contributed by atoms with Crippen LogP contribution in [0.4, 0.5) is 0 Å². The summed E-state index contributed by atoms with van der Waals surface area (Å²) < 4.78 is 5.88. The highest BCUT2D eigenvalue weighted by molar-refractivity contribution is 5.82. The van der Waals surface area contributed by atoms with Crippen molar-refractivity contribution in [1.82, 2.24) is 15.3 Å². The van der Waals surface area contributed by atoms with Gasteiger partial charge in [-0.2, -0.15) is 0 Å². The standard InChI is InChI=1S/C15H17N3O/c1-2-14-13(9-16-7-11-8-17-10-18-11)12-5-3-4-6-15(12)19-14/h3-6,8,10,16H,2,7,9H2,1H3,(H,17,18). The Kier molecular flexibility index (Phi) is 3.33. The minimum atomic E-state index is 0.780. The van der Waals surface area contributed by atoms with Crippen molar-refractivity contribution in [3.8, 4) is 0 Å². The van der Waals surface area contributed by atoms with Gasteiger partial charge in [-0.3, -0.25) is 0 Å². The summed E-state index contributed by atoms with van der Waals surface area (Å²) in [5, 5.41) is 4.63. The SMILES string of the molecule is CCc1oc2ccccc2c1CNCc1cnc[nH]1. The second kappa shape index (κ2) is 5.28. The third-order valence-electron chi connectivity index (χ3n) is 3.28. The zero-order valence-corrected chi connectivity index (χ0v) is 10.9. The van der Waals surface area contributed by atoms with Crippen molar-refractivity contribution < 1.29 is 4.42 Å². The molecule has 0 aliphatic rings. The van der Waals surface area contributed by atoms with Crippen molar-refractivity contribution in [3.63, 3.8) is 0 Å². The van der Waals surface area contributed by atoms with Crippen LogP contribution in [0.15, 0.2) is 41.2 Å². The highest BCUT2D eigenvalue weighted by Gasteiger charge is 2.11. The van der Waals surface area contributed by atoms with Crippen LogP contribution < -0.4 is 5.32 Å². The van der Waals surface area contributed by atoms with Gasteiger partial charge in [0.05, 0.1) is 6.33 Å². The Balaban J connectivity index is 1.79. The zero-order valence-electron chi connectivity index (χ0n) is 10.9. The van der Waals surface area contributed by atoms with E-state index in [1.54, 1.807) is 6.33 Å². The topological polar surface area (TPSA) is 53.9 Å². The molecule has 2 aromatic heterocycles. The summed E-state index contributed by atoms with van der Waals surface area (Å²) in [5.41, 5.74) is 3.32. The predicted molar refractivity (Wildman–Crippen MR) is 74.7 cm³/mol. The lowest BCUT2D eigenvalue weighted by molar-refractivity contribution is 0.543. The number of nitrogens with zero attached hydrogens (tertiary/aromatic N) is 1. The van der Waals surface area contributed by atoms with Crippen LogP contribution in [0.25, 0.3) is 11.0 Å². The molecule has 4 nitrogen and oxygen atoms in total. The minimum absolute atomic E-state index is 0.780. The zero-order chi connectivity index (χ0) is 13.1. The summed E-state index contributed by atoms with van der Waals surface area (Å²) in [6.45, 7) is 3.71. The van der Waals surface area contributed by atoms with Gasteiger partial charge in [-0.05, 0) is 6.07 Å². The summed E-state index contributed by atoms with van der Waals surface area (Å²) in [6.07, 6.45) is 4.44. The fraction of sp³-hybridized carbons (Fsp3) is 0.267. The molecule has 1 aromatic carbocycles. The van der Waals surface area contributed by atoms with E-state index in [0.717, 1.165) is 36.5 Å². The van der Waals surface area contributed by atoms with Crippen molar-refractivity contribution in [1.29, 1.82) is 0 Å². The number of furan rings is 1. The fourth-order valence-electron chi connectivity index (χ4n) is 2.33. The average Bonchev–Trinajstić information content (AvgIpc) is 3.06. The molecule has 4 heteroatoms. The van der Waals surface area contributed by atoms with Crippen LogP contribution in [0.3, 0.4) is 0 Å². The number of H-pyrrole nitrogens is 1. The molecule has 0 bridgehead atoms. The van der Waals surface area contributed by atoms with Gasteiger partial charge in [0, 0.05) is 42.4 Å². The van der Waals surface area contributed by atoms with Gasteiger partial charge in [0.15, 0.2) is 0 Å². The van der Waals surface area contributed by atoms with E-state index in [9.17, 15) is 0 Å². The van der Waals surface area contributed by atoms with Crippen molar-refractivity contribution in [3.05, 3.63) is 53.8 Å². The van der Waals surface area contributed by atoms with E-state index in [-0.39, 0.29) is 0 Å². The monoisotopic (exact) mass is 255 g/mol. The highest BCUT2D eigenvalue weighted by Crippen LogP contribution is 2.26. The van der Waals surface area contributed by atoms with Gasteiger partial charge >= 0.3 is 0 Å². The molecule has 2 heterocycles. The average molecular weight is 255 g/mol. The van der Waals surface area contributed by atoms with Crippen molar-refractivity contribution >= 4 is 11.0 Å². The molecule has 0 spiro atoms. The smallest absolute Gasteiger partial charge is 0.134 e. The maximum Gasteiger partial charge on any atom is 0.134 e. The summed E-state index contributed by atoms with van der Waals surface area (Å²) >= 11 is 0. The minimum Gasteiger partial charge on any atom is -0.461 e. The van der Waals surface area contributed by atoms with Gasteiger partial charge in [0.25, 0.3) is 0 Å². The van der Waals surface area contributed by atoms with E-state index in [1.807, 2.05) is 18.3 Å². The molecule has 0 fully saturated rings. The van der Waals surface area contributed by atoms with Gasteiger partial charge < -0.3 is 14.7 Å². The third kappa shape index (κ3) is 2.39. The molecule has 0 amide bonds. The summed E-state index contributed by atoms with van der Waals surface area (Å²) in [7, 11) is 0. The van der Waals surface area contributed by atoms with Crippen molar-refractivity contribution in [2.45, 2.75) is 26.4 Å². The molecule has 0 unspecified atom stereocenters.